The van der Waals surface area contributed by atoms with Crippen LogP contribution in [0.2, 0.25) is 0 Å². The zero-order valence-corrected chi connectivity index (χ0v) is 22.7. The lowest BCUT2D eigenvalue weighted by Crippen LogP contribution is -2.42. The molecule has 1 atom stereocenters. The first-order valence-electron chi connectivity index (χ1n) is 14.0. The Kier molecular flexibility index (Phi) is 8.21. The summed E-state index contributed by atoms with van der Waals surface area (Å²) in [6, 6.07) is 13.3. The van der Waals surface area contributed by atoms with E-state index < -0.39 is 0 Å². The lowest BCUT2D eigenvalue weighted by atomic mass is 9.93. The molecule has 1 aliphatic heterocycles. The maximum absolute atomic E-state index is 13.4. The molecule has 5 rings (SSSR count). The third-order valence-corrected chi connectivity index (χ3v) is 7.57. The maximum Gasteiger partial charge on any atom is 0.318 e. The molecule has 0 radical (unpaired) electrons. The molecule has 3 heterocycles. The van der Waals surface area contributed by atoms with Gasteiger partial charge in [-0.15, -0.1) is 0 Å². The highest BCUT2D eigenvalue weighted by molar-refractivity contribution is 5.94. The zero-order chi connectivity index (χ0) is 27.4. The van der Waals surface area contributed by atoms with Crippen LogP contribution < -0.4 is 10.6 Å². The minimum atomic E-state index is -0.358. The summed E-state index contributed by atoms with van der Waals surface area (Å²) in [6.45, 7) is 4.12. The van der Waals surface area contributed by atoms with Crippen LogP contribution in [0.3, 0.4) is 0 Å². The standard InChI is InChI=1S/C31H37N5O3/c1-20(2)33-31(39)36-19-24-17-26(30(38)34-25-11-4-3-5-12-25)35-29(28(24)27(36)13-15-37)22-9-6-8-21(16-22)23-10-7-14-32-18-23/h6-10,14,16-18,20,25,27,37H,3-5,11-13,15,19H2,1-2H3,(H,33,39)(H,34,38)/t27-/m0/s1. The number of carbonyl (C=O) groups excluding carboxylic acids is 2. The van der Waals surface area contributed by atoms with Crippen LogP contribution in [-0.2, 0) is 6.54 Å². The van der Waals surface area contributed by atoms with Gasteiger partial charge < -0.3 is 20.6 Å². The van der Waals surface area contributed by atoms with Gasteiger partial charge in [0.25, 0.3) is 5.91 Å². The molecule has 0 bridgehead atoms. The fourth-order valence-corrected chi connectivity index (χ4v) is 5.75. The van der Waals surface area contributed by atoms with E-state index in [1.807, 2.05) is 56.4 Å². The number of amides is 3. The van der Waals surface area contributed by atoms with Gasteiger partial charge in [-0.05, 0) is 62.4 Å². The number of urea groups is 1. The summed E-state index contributed by atoms with van der Waals surface area (Å²) in [4.78, 5) is 37.6. The molecule has 204 valence electrons. The lowest BCUT2D eigenvalue weighted by Gasteiger charge is -2.27. The first-order chi connectivity index (χ1) is 18.9. The van der Waals surface area contributed by atoms with E-state index in [4.69, 9.17) is 4.98 Å². The summed E-state index contributed by atoms with van der Waals surface area (Å²) >= 11 is 0. The van der Waals surface area contributed by atoms with Crippen molar-refractivity contribution in [3.05, 3.63) is 71.7 Å². The summed E-state index contributed by atoms with van der Waals surface area (Å²) in [7, 11) is 0. The van der Waals surface area contributed by atoms with Crippen LogP contribution in [0.15, 0.2) is 54.9 Å². The van der Waals surface area contributed by atoms with Crippen LogP contribution >= 0.6 is 0 Å². The van der Waals surface area contributed by atoms with E-state index in [1.165, 1.54) is 6.42 Å². The van der Waals surface area contributed by atoms with Gasteiger partial charge in [0.15, 0.2) is 0 Å². The number of aromatic nitrogens is 2. The molecule has 1 saturated carbocycles. The average molecular weight is 528 g/mol. The van der Waals surface area contributed by atoms with Crippen LogP contribution in [-0.4, -0.2) is 50.6 Å². The molecule has 0 unspecified atom stereocenters. The van der Waals surface area contributed by atoms with Crippen molar-refractivity contribution in [3.63, 3.8) is 0 Å². The molecule has 2 aromatic heterocycles. The largest absolute Gasteiger partial charge is 0.396 e. The van der Waals surface area contributed by atoms with Gasteiger partial charge in [-0.3, -0.25) is 9.78 Å². The summed E-state index contributed by atoms with van der Waals surface area (Å²) in [5.41, 5.74) is 5.62. The van der Waals surface area contributed by atoms with E-state index in [1.54, 1.807) is 11.1 Å². The second-order valence-electron chi connectivity index (χ2n) is 10.8. The Labute approximate surface area is 229 Å². The van der Waals surface area contributed by atoms with Crippen LogP contribution in [0.1, 0.15) is 80.0 Å². The quantitative estimate of drug-likeness (QED) is 0.390. The number of aliphatic hydroxyl groups excluding tert-OH is 1. The number of nitrogens with zero attached hydrogens (tertiary/aromatic N) is 3. The van der Waals surface area contributed by atoms with Gasteiger partial charge in [-0.2, -0.15) is 0 Å². The fourth-order valence-electron chi connectivity index (χ4n) is 5.75. The van der Waals surface area contributed by atoms with Gasteiger partial charge in [-0.1, -0.05) is 43.5 Å². The smallest absolute Gasteiger partial charge is 0.318 e. The predicted octanol–water partition coefficient (Wildman–Crippen LogP) is 5.23. The van der Waals surface area contributed by atoms with E-state index >= 15 is 0 Å². The molecular weight excluding hydrogens is 490 g/mol. The third kappa shape index (κ3) is 5.96. The molecular formula is C31H37N5O3. The minimum absolute atomic E-state index is 0.0263. The molecule has 3 amide bonds. The number of hydrogen-bond donors (Lipinski definition) is 3. The van der Waals surface area contributed by atoms with Crippen LogP contribution in [0.25, 0.3) is 22.4 Å². The highest BCUT2D eigenvalue weighted by Gasteiger charge is 2.37. The second-order valence-corrected chi connectivity index (χ2v) is 10.8. The molecule has 39 heavy (non-hydrogen) atoms. The van der Waals surface area contributed by atoms with Crippen molar-refractivity contribution in [2.75, 3.05) is 6.61 Å². The van der Waals surface area contributed by atoms with Gasteiger partial charge >= 0.3 is 6.03 Å². The Morgan fingerprint density at radius 2 is 1.82 bits per heavy atom. The van der Waals surface area contributed by atoms with E-state index in [9.17, 15) is 14.7 Å². The number of aliphatic hydroxyl groups is 1. The number of hydrogen-bond acceptors (Lipinski definition) is 5. The van der Waals surface area contributed by atoms with Crippen LogP contribution in [0.4, 0.5) is 4.79 Å². The summed E-state index contributed by atoms with van der Waals surface area (Å²) in [5.74, 6) is -0.182. The highest BCUT2D eigenvalue weighted by atomic mass is 16.3. The van der Waals surface area contributed by atoms with Crippen molar-refractivity contribution in [1.82, 2.24) is 25.5 Å². The molecule has 0 spiro atoms. The first-order valence-corrected chi connectivity index (χ1v) is 14.0. The first kappa shape index (κ1) is 26.8. The van der Waals surface area contributed by atoms with Gasteiger partial charge in [0.05, 0.1) is 11.7 Å². The Hall–Kier alpha value is -3.78. The Bertz CT molecular complexity index is 1320. The summed E-state index contributed by atoms with van der Waals surface area (Å²) in [6.07, 6.45) is 9.36. The lowest BCUT2D eigenvalue weighted by molar-refractivity contribution is 0.0922. The Balaban J connectivity index is 1.59. The predicted molar refractivity (Wildman–Crippen MR) is 151 cm³/mol. The molecule has 1 aromatic carbocycles. The zero-order valence-electron chi connectivity index (χ0n) is 22.7. The van der Waals surface area contributed by atoms with E-state index in [0.717, 1.165) is 53.5 Å². The molecule has 0 saturated heterocycles. The van der Waals surface area contributed by atoms with Crippen molar-refractivity contribution in [3.8, 4) is 22.4 Å². The topological polar surface area (TPSA) is 107 Å². The monoisotopic (exact) mass is 527 g/mol. The van der Waals surface area contributed by atoms with Crippen molar-refractivity contribution in [2.24, 2.45) is 0 Å². The number of rotatable bonds is 7. The second kappa shape index (κ2) is 11.9. The normalized spacial score (nSPS) is 17.2. The molecule has 8 nitrogen and oxygen atoms in total. The average Bonchev–Trinajstić information content (AvgIpc) is 3.32. The Morgan fingerprint density at radius 1 is 1.05 bits per heavy atom. The van der Waals surface area contributed by atoms with Gasteiger partial charge in [0, 0.05) is 54.3 Å². The number of nitrogens with one attached hydrogen (secondary N) is 2. The van der Waals surface area contributed by atoms with Crippen LogP contribution in [0.5, 0.6) is 0 Å². The molecule has 8 heteroatoms. The summed E-state index contributed by atoms with van der Waals surface area (Å²) < 4.78 is 0. The molecule has 1 fully saturated rings. The van der Waals surface area contributed by atoms with E-state index in [0.29, 0.717) is 24.4 Å². The van der Waals surface area contributed by atoms with Crippen molar-refractivity contribution < 1.29 is 14.7 Å². The van der Waals surface area contributed by atoms with Crippen molar-refractivity contribution in [2.45, 2.75) is 77.0 Å². The minimum Gasteiger partial charge on any atom is -0.396 e. The number of benzene rings is 1. The highest BCUT2D eigenvalue weighted by Crippen LogP contribution is 2.42. The number of pyridine rings is 2. The Morgan fingerprint density at radius 3 is 2.54 bits per heavy atom. The molecule has 3 aromatic rings. The van der Waals surface area contributed by atoms with Gasteiger partial charge in [-0.25, -0.2) is 9.78 Å². The molecule has 1 aliphatic carbocycles. The summed E-state index contributed by atoms with van der Waals surface area (Å²) in [5, 5.41) is 16.1. The van der Waals surface area contributed by atoms with E-state index in [-0.39, 0.29) is 36.7 Å². The molecule has 2 aliphatic rings. The molecule has 3 N–H and O–H groups in total. The number of carbonyl (C=O) groups is 2. The van der Waals surface area contributed by atoms with Gasteiger partial charge in [0.2, 0.25) is 0 Å². The van der Waals surface area contributed by atoms with Crippen LogP contribution in [0, 0.1) is 0 Å². The van der Waals surface area contributed by atoms with Gasteiger partial charge in [0.1, 0.15) is 5.69 Å². The van der Waals surface area contributed by atoms with Crippen molar-refractivity contribution in [1.29, 1.82) is 0 Å². The maximum atomic E-state index is 13.4. The fraction of sp³-hybridized carbons (Fsp3) is 0.419. The van der Waals surface area contributed by atoms with E-state index in [2.05, 4.69) is 21.7 Å². The third-order valence-electron chi connectivity index (χ3n) is 7.57. The van der Waals surface area contributed by atoms with Crippen molar-refractivity contribution >= 4 is 11.9 Å². The number of fused-ring (bicyclic) bond motifs is 1. The SMILES string of the molecule is CC(C)NC(=O)N1Cc2cc(C(=O)NC3CCCCC3)nc(-c3cccc(-c4cccnc4)c3)c2[C@@H]1CCO.